The maximum Gasteiger partial charge on any atom is 0.251 e. The maximum atomic E-state index is 12.3. The van der Waals surface area contributed by atoms with Crippen LogP contribution in [0.3, 0.4) is 0 Å². The number of ether oxygens (including phenoxy) is 1. The minimum Gasteiger partial charge on any atom is -0.489 e. The molecule has 0 saturated heterocycles. The van der Waals surface area contributed by atoms with E-state index in [0.717, 1.165) is 18.4 Å². The molecule has 3 rings (SSSR count). The second-order valence-corrected chi connectivity index (χ2v) is 6.43. The second-order valence-electron chi connectivity index (χ2n) is 6.43. The smallest absolute Gasteiger partial charge is 0.251 e. The van der Waals surface area contributed by atoms with Crippen LogP contribution in [0.5, 0.6) is 5.75 Å². The fourth-order valence-electron chi connectivity index (χ4n) is 2.58. The molecular formula is C20H20N2O3. The summed E-state index contributed by atoms with van der Waals surface area (Å²) in [6.45, 7) is 0.861. The largest absolute Gasteiger partial charge is 0.489 e. The van der Waals surface area contributed by atoms with E-state index in [2.05, 4.69) is 11.4 Å². The molecular weight excluding hydrogens is 316 g/mol. The Morgan fingerprint density at radius 3 is 2.76 bits per heavy atom. The van der Waals surface area contributed by atoms with Crippen molar-refractivity contribution in [3.63, 3.8) is 0 Å². The minimum atomic E-state index is -0.178. The molecule has 0 spiro atoms. The van der Waals surface area contributed by atoms with E-state index in [0.29, 0.717) is 23.4 Å². The van der Waals surface area contributed by atoms with Gasteiger partial charge in [-0.2, -0.15) is 5.26 Å². The van der Waals surface area contributed by atoms with Gasteiger partial charge in [0, 0.05) is 23.1 Å². The van der Waals surface area contributed by atoms with Crippen molar-refractivity contribution in [2.24, 2.45) is 5.41 Å². The second kappa shape index (κ2) is 7.37. The summed E-state index contributed by atoms with van der Waals surface area (Å²) < 4.78 is 5.73. The van der Waals surface area contributed by atoms with E-state index in [1.165, 1.54) is 0 Å². The fraction of sp³-hybridized carbons (Fsp3) is 0.300. The number of amides is 1. The topological polar surface area (TPSA) is 82.3 Å². The van der Waals surface area contributed by atoms with Crippen LogP contribution in [0.1, 0.15) is 34.3 Å². The molecule has 1 aliphatic rings. The lowest BCUT2D eigenvalue weighted by Crippen LogP contribution is -2.31. The molecule has 2 N–H and O–H groups in total. The number of hydrogen-bond acceptors (Lipinski definition) is 4. The number of carbonyl (C=O) groups excluding carboxylic acids is 1. The van der Waals surface area contributed by atoms with Gasteiger partial charge in [0.1, 0.15) is 12.4 Å². The summed E-state index contributed by atoms with van der Waals surface area (Å²) in [7, 11) is 0. The predicted octanol–water partition coefficient (Wildman–Crippen LogP) is 2.64. The van der Waals surface area contributed by atoms with Crippen LogP contribution in [-0.4, -0.2) is 24.2 Å². The van der Waals surface area contributed by atoms with Gasteiger partial charge in [-0.1, -0.05) is 24.3 Å². The summed E-state index contributed by atoms with van der Waals surface area (Å²) in [6.07, 6.45) is 1.90. The van der Waals surface area contributed by atoms with E-state index in [9.17, 15) is 9.90 Å². The van der Waals surface area contributed by atoms with Gasteiger partial charge >= 0.3 is 0 Å². The molecule has 1 saturated carbocycles. The van der Waals surface area contributed by atoms with Crippen LogP contribution in [0, 0.1) is 16.7 Å². The average molecular weight is 336 g/mol. The van der Waals surface area contributed by atoms with Gasteiger partial charge in [-0.15, -0.1) is 0 Å². The maximum absolute atomic E-state index is 12.3. The third-order valence-electron chi connectivity index (χ3n) is 4.54. The number of nitrogens with zero attached hydrogens (tertiary/aromatic N) is 1. The summed E-state index contributed by atoms with van der Waals surface area (Å²) in [4.78, 5) is 12.3. The van der Waals surface area contributed by atoms with E-state index >= 15 is 0 Å². The molecule has 25 heavy (non-hydrogen) atoms. The molecule has 2 aromatic rings. The van der Waals surface area contributed by atoms with Crippen molar-refractivity contribution >= 4 is 5.91 Å². The molecule has 0 radical (unpaired) electrons. The monoisotopic (exact) mass is 336 g/mol. The van der Waals surface area contributed by atoms with Crippen molar-refractivity contribution in [3.05, 3.63) is 65.2 Å². The number of rotatable bonds is 7. The van der Waals surface area contributed by atoms with Crippen molar-refractivity contribution in [2.45, 2.75) is 19.4 Å². The highest BCUT2D eigenvalue weighted by Gasteiger charge is 2.42. The van der Waals surface area contributed by atoms with Gasteiger partial charge in [-0.25, -0.2) is 0 Å². The van der Waals surface area contributed by atoms with Crippen LogP contribution in [0.4, 0.5) is 0 Å². The molecule has 0 aliphatic heterocycles. The standard InChI is InChI=1S/C20H20N2O3/c21-11-16-4-1-2-5-17(16)12-25-18-7-3-6-15(10-18)19(24)22-13-20(14-23)8-9-20/h1-7,10,23H,8-9,12-14H2,(H,22,24). The lowest BCUT2D eigenvalue weighted by atomic mass is 10.1. The van der Waals surface area contributed by atoms with Crippen LogP contribution in [0.25, 0.3) is 0 Å². The zero-order valence-corrected chi connectivity index (χ0v) is 13.9. The summed E-state index contributed by atoms with van der Waals surface area (Å²) in [5, 5.41) is 21.3. The van der Waals surface area contributed by atoms with Crippen LogP contribution >= 0.6 is 0 Å². The Hall–Kier alpha value is -2.84. The Morgan fingerprint density at radius 2 is 2.04 bits per heavy atom. The van der Waals surface area contributed by atoms with E-state index in [1.54, 1.807) is 30.3 Å². The molecule has 1 fully saturated rings. The van der Waals surface area contributed by atoms with Crippen LogP contribution in [0.15, 0.2) is 48.5 Å². The van der Waals surface area contributed by atoms with E-state index < -0.39 is 0 Å². The van der Waals surface area contributed by atoms with E-state index in [4.69, 9.17) is 10.00 Å². The highest BCUT2D eigenvalue weighted by molar-refractivity contribution is 5.94. The third kappa shape index (κ3) is 4.17. The molecule has 2 aromatic carbocycles. The number of benzene rings is 2. The van der Waals surface area contributed by atoms with Gasteiger partial charge < -0.3 is 15.2 Å². The summed E-state index contributed by atoms with van der Waals surface area (Å²) in [5.41, 5.74) is 1.78. The van der Waals surface area contributed by atoms with Crippen LogP contribution in [-0.2, 0) is 6.61 Å². The Labute approximate surface area is 146 Å². The van der Waals surface area contributed by atoms with Crippen molar-refractivity contribution < 1.29 is 14.6 Å². The lowest BCUT2D eigenvalue weighted by molar-refractivity contribution is 0.0934. The Morgan fingerprint density at radius 1 is 1.24 bits per heavy atom. The zero-order valence-electron chi connectivity index (χ0n) is 13.9. The molecule has 0 unspecified atom stereocenters. The van der Waals surface area contributed by atoms with Crippen molar-refractivity contribution in [2.75, 3.05) is 13.2 Å². The summed E-state index contributed by atoms with van der Waals surface area (Å²) in [6, 6.07) is 16.4. The van der Waals surface area contributed by atoms with Gasteiger partial charge in [0.05, 0.1) is 18.2 Å². The number of hydrogen-bond donors (Lipinski definition) is 2. The Balaban J connectivity index is 1.61. The normalized spacial score (nSPS) is 14.4. The average Bonchev–Trinajstić information content (AvgIpc) is 3.45. The van der Waals surface area contributed by atoms with Gasteiger partial charge in [-0.05, 0) is 37.1 Å². The van der Waals surface area contributed by atoms with E-state index in [-0.39, 0.29) is 24.5 Å². The number of nitrogens with one attached hydrogen (secondary N) is 1. The first-order chi connectivity index (χ1) is 12.2. The first kappa shape index (κ1) is 17.0. The first-order valence-electron chi connectivity index (χ1n) is 8.26. The highest BCUT2D eigenvalue weighted by atomic mass is 16.5. The molecule has 0 atom stereocenters. The molecule has 1 aliphatic carbocycles. The van der Waals surface area contributed by atoms with Crippen molar-refractivity contribution in [3.8, 4) is 11.8 Å². The quantitative estimate of drug-likeness (QED) is 0.814. The van der Waals surface area contributed by atoms with Gasteiger partial charge in [0.2, 0.25) is 0 Å². The summed E-state index contributed by atoms with van der Waals surface area (Å²) in [5.74, 6) is 0.395. The molecule has 5 heteroatoms. The molecule has 0 aromatic heterocycles. The SMILES string of the molecule is N#Cc1ccccc1COc1cccc(C(=O)NCC2(CO)CC2)c1. The minimum absolute atomic E-state index is 0.106. The highest BCUT2D eigenvalue weighted by Crippen LogP contribution is 2.44. The van der Waals surface area contributed by atoms with Gasteiger partial charge in [0.15, 0.2) is 0 Å². The number of aliphatic hydroxyl groups excluding tert-OH is 1. The van der Waals surface area contributed by atoms with Crippen LogP contribution < -0.4 is 10.1 Å². The fourth-order valence-corrected chi connectivity index (χ4v) is 2.58. The lowest BCUT2D eigenvalue weighted by Gasteiger charge is -2.13. The third-order valence-corrected chi connectivity index (χ3v) is 4.54. The molecule has 0 heterocycles. The van der Waals surface area contributed by atoms with Gasteiger partial charge in [-0.3, -0.25) is 4.79 Å². The molecule has 0 bridgehead atoms. The number of carbonyl (C=O) groups is 1. The van der Waals surface area contributed by atoms with Crippen molar-refractivity contribution in [1.29, 1.82) is 5.26 Å². The Kier molecular flexibility index (Phi) is 5.01. The summed E-state index contributed by atoms with van der Waals surface area (Å²) >= 11 is 0. The van der Waals surface area contributed by atoms with Crippen molar-refractivity contribution in [1.82, 2.24) is 5.32 Å². The first-order valence-corrected chi connectivity index (χ1v) is 8.26. The van der Waals surface area contributed by atoms with Gasteiger partial charge in [0.25, 0.3) is 5.91 Å². The number of aliphatic hydroxyl groups is 1. The van der Waals surface area contributed by atoms with Crippen LogP contribution in [0.2, 0.25) is 0 Å². The Bertz CT molecular complexity index is 807. The predicted molar refractivity (Wildman–Crippen MR) is 93.0 cm³/mol. The molecule has 128 valence electrons. The molecule has 5 nitrogen and oxygen atoms in total. The number of nitriles is 1. The van der Waals surface area contributed by atoms with E-state index in [1.807, 2.05) is 18.2 Å². The zero-order chi connectivity index (χ0) is 17.7. The molecule has 1 amide bonds.